The molecule has 4 nitrogen and oxygen atoms in total. The van der Waals surface area contributed by atoms with Crippen LogP contribution in [0.3, 0.4) is 0 Å². The molecule has 0 aromatic rings. The lowest BCUT2D eigenvalue weighted by Gasteiger charge is -2.15. The molecule has 0 saturated carbocycles. The maximum Gasteiger partial charge on any atom is 0.325 e. The lowest BCUT2D eigenvalue weighted by molar-refractivity contribution is -0.167. The fourth-order valence-corrected chi connectivity index (χ4v) is 1.29. The molecule has 4 heteroatoms. The Morgan fingerprint density at radius 2 is 2.50 bits per heavy atom. The molecule has 0 amide bonds. The Bertz CT molecular complexity index is 160. The molecule has 0 aromatic carbocycles. The van der Waals surface area contributed by atoms with Crippen LogP contribution in [-0.4, -0.2) is 35.4 Å². The van der Waals surface area contributed by atoms with Crippen LogP contribution in [0.2, 0.25) is 0 Å². The number of carbonyl (C=O) groups excluding carboxylic acids is 1. The largest absolute Gasteiger partial charge is 0.464 e. The summed E-state index contributed by atoms with van der Waals surface area (Å²) >= 11 is 0. The van der Waals surface area contributed by atoms with Crippen LogP contribution in [0.5, 0.6) is 0 Å². The van der Waals surface area contributed by atoms with E-state index in [1.54, 1.807) is 0 Å². The highest BCUT2D eigenvalue weighted by atomic mass is 16.6. The fraction of sp³-hybridized carbons (Fsp3) is 0.875. The van der Waals surface area contributed by atoms with Crippen molar-refractivity contribution in [3.63, 3.8) is 0 Å². The van der Waals surface area contributed by atoms with Gasteiger partial charge in [0.2, 0.25) is 0 Å². The fourth-order valence-electron chi connectivity index (χ4n) is 1.29. The predicted molar refractivity (Wildman–Crippen MR) is 42.8 cm³/mol. The van der Waals surface area contributed by atoms with Crippen molar-refractivity contribution in [1.82, 2.24) is 5.06 Å². The summed E-state index contributed by atoms with van der Waals surface area (Å²) in [6.45, 7) is 2.97. The van der Waals surface area contributed by atoms with Gasteiger partial charge in [0.15, 0.2) is 0 Å². The zero-order valence-electron chi connectivity index (χ0n) is 7.32. The number of hydroxylamine groups is 2. The Morgan fingerprint density at radius 3 is 3.00 bits per heavy atom. The topological polar surface area (TPSA) is 49.8 Å². The van der Waals surface area contributed by atoms with E-state index in [4.69, 9.17) is 4.74 Å². The van der Waals surface area contributed by atoms with Crippen molar-refractivity contribution >= 4 is 5.97 Å². The molecule has 1 aliphatic rings. The molecule has 0 bridgehead atoms. The van der Waals surface area contributed by atoms with Crippen LogP contribution in [-0.2, 0) is 9.53 Å². The van der Waals surface area contributed by atoms with E-state index in [-0.39, 0.29) is 5.97 Å². The minimum Gasteiger partial charge on any atom is -0.464 e. The van der Waals surface area contributed by atoms with Gasteiger partial charge < -0.3 is 9.94 Å². The van der Waals surface area contributed by atoms with Crippen molar-refractivity contribution in [2.24, 2.45) is 0 Å². The summed E-state index contributed by atoms with van der Waals surface area (Å²) in [6, 6.07) is -0.420. The molecule has 1 fully saturated rings. The molecular weight excluding hydrogens is 158 g/mol. The van der Waals surface area contributed by atoms with Crippen molar-refractivity contribution in [2.75, 3.05) is 13.2 Å². The van der Waals surface area contributed by atoms with E-state index in [1.807, 2.05) is 6.92 Å². The maximum absolute atomic E-state index is 11.2. The first kappa shape index (κ1) is 9.48. The normalized spacial score (nSPS) is 24.3. The first-order valence-corrected chi connectivity index (χ1v) is 4.38. The van der Waals surface area contributed by atoms with Crippen molar-refractivity contribution in [3.05, 3.63) is 0 Å². The third kappa shape index (κ3) is 2.19. The van der Waals surface area contributed by atoms with Crippen LogP contribution >= 0.6 is 0 Å². The Balaban J connectivity index is 2.30. The molecule has 0 spiro atoms. The summed E-state index contributed by atoms with van der Waals surface area (Å²) in [5.41, 5.74) is 0. The Labute approximate surface area is 72.1 Å². The number of ether oxygens (including phenoxy) is 1. The second-order valence-electron chi connectivity index (χ2n) is 2.99. The molecule has 1 aliphatic heterocycles. The highest BCUT2D eigenvalue weighted by molar-refractivity contribution is 5.75. The molecule has 70 valence electrons. The van der Waals surface area contributed by atoms with E-state index in [9.17, 15) is 10.0 Å². The van der Waals surface area contributed by atoms with Gasteiger partial charge in [-0.15, -0.1) is 0 Å². The third-order valence-electron chi connectivity index (χ3n) is 1.95. The summed E-state index contributed by atoms with van der Waals surface area (Å²) in [6.07, 6.45) is 2.39. The third-order valence-corrected chi connectivity index (χ3v) is 1.95. The van der Waals surface area contributed by atoms with Crippen molar-refractivity contribution < 1.29 is 14.7 Å². The average Bonchev–Trinajstić information content (AvgIpc) is 2.47. The van der Waals surface area contributed by atoms with E-state index in [0.717, 1.165) is 17.9 Å². The van der Waals surface area contributed by atoms with Crippen molar-refractivity contribution in [2.45, 2.75) is 32.2 Å². The van der Waals surface area contributed by atoms with Gasteiger partial charge in [0.05, 0.1) is 6.61 Å². The lowest BCUT2D eigenvalue weighted by atomic mass is 10.2. The number of hydrogen-bond donors (Lipinski definition) is 1. The Morgan fingerprint density at radius 1 is 1.75 bits per heavy atom. The zero-order chi connectivity index (χ0) is 8.97. The van der Waals surface area contributed by atoms with Crippen LogP contribution in [0.25, 0.3) is 0 Å². The first-order chi connectivity index (χ1) is 5.75. The zero-order valence-corrected chi connectivity index (χ0v) is 7.32. The molecule has 1 N–H and O–H groups in total. The molecule has 1 atom stereocenters. The molecule has 12 heavy (non-hydrogen) atoms. The molecular formula is C8H15NO3. The number of rotatable bonds is 3. The summed E-state index contributed by atoms with van der Waals surface area (Å²) in [4.78, 5) is 11.2. The predicted octanol–water partition coefficient (Wildman–Crippen LogP) is 0.793. The lowest BCUT2D eigenvalue weighted by Crippen LogP contribution is -2.34. The van der Waals surface area contributed by atoms with E-state index in [0.29, 0.717) is 19.6 Å². The number of esters is 1. The summed E-state index contributed by atoms with van der Waals surface area (Å²) in [5, 5.41) is 10.3. The number of hydrogen-bond acceptors (Lipinski definition) is 4. The molecule has 1 rings (SSSR count). The van der Waals surface area contributed by atoms with E-state index in [2.05, 4.69) is 0 Å². The van der Waals surface area contributed by atoms with E-state index >= 15 is 0 Å². The van der Waals surface area contributed by atoms with Gasteiger partial charge in [-0.3, -0.25) is 4.79 Å². The average molecular weight is 173 g/mol. The maximum atomic E-state index is 11.2. The first-order valence-electron chi connectivity index (χ1n) is 4.38. The molecule has 1 saturated heterocycles. The van der Waals surface area contributed by atoms with Gasteiger partial charge in [0.1, 0.15) is 6.04 Å². The van der Waals surface area contributed by atoms with Gasteiger partial charge in [-0.1, -0.05) is 6.92 Å². The molecule has 0 radical (unpaired) electrons. The second-order valence-corrected chi connectivity index (χ2v) is 2.99. The highest BCUT2D eigenvalue weighted by Gasteiger charge is 2.30. The minimum atomic E-state index is -0.420. The monoisotopic (exact) mass is 173 g/mol. The van der Waals surface area contributed by atoms with Gasteiger partial charge in [0.25, 0.3) is 0 Å². The van der Waals surface area contributed by atoms with E-state index < -0.39 is 6.04 Å². The molecule has 0 aliphatic carbocycles. The van der Waals surface area contributed by atoms with Crippen LogP contribution in [0.15, 0.2) is 0 Å². The summed E-state index contributed by atoms with van der Waals surface area (Å²) in [5.74, 6) is -0.295. The van der Waals surface area contributed by atoms with Gasteiger partial charge >= 0.3 is 5.97 Å². The molecule has 0 aromatic heterocycles. The van der Waals surface area contributed by atoms with Crippen molar-refractivity contribution in [1.29, 1.82) is 0 Å². The van der Waals surface area contributed by atoms with Crippen LogP contribution in [0.1, 0.15) is 26.2 Å². The second kappa shape index (κ2) is 4.42. The van der Waals surface area contributed by atoms with E-state index in [1.165, 1.54) is 0 Å². The number of carbonyl (C=O) groups is 1. The quantitative estimate of drug-likeness (QED) is 0.641. The van der Waals surface area contributed by atoms with Crippen molar-refractivity contribution in [3.8, 4) is 0 Å². The standard InChI is InChI=1S/C8H15NO3/c1-2-6-12-8(10)7-4-3-5-9(7)11/h7,11H,2-6H2,1H3. The minimum absolute atomic E-state index is 0.295. The SMILES string of the molecule is CCCOC(=O)C1CCCN1O. The van der Waals surface area contributed by atoms with Crippen LogP contribution in [0.4, 0.5) is 0 Å². The Hall–Kier alpha value is -0.610. The van der Waals surface area contributed by atoms with Crippen LogP contribution in [0, 0.1) is 0 Å². The van der Waals surface area contributed by atoms with Gasteiger partial charge in [-0.2, -0.15) is 5.06 Å². The Kier molecular flexibility index (Phi) is 3.49. The van der Waals surface area contributed by atoms with Gasteiger partial charge in [0, 0.05) is 6.54 Å². The number of nitrogens with zero attached hydrogens (tertiary/aromatic N) is 1. The summed E-state index contributed by atoms with van der Waals surface area (Å²) in [7, 11) is 0. The van der Waals surface area contributed by atoms with Crippen LogP contribution < -0.4 is 0 Å². The summed E-state index contributed by atoms with van der Waals surface area (Å²) < 4.78 is 4.90. The van der Waals surface area contributed by atoms with Gasteiger partial charge in [-0.25, -0.2) is 0 Å². The smallest absolute Gasteiger partial charge is 0.325 e. The highest BCUT2D eigenvalue weighted by Crippen LogP contribution is 2.15. The van der Waals surface area contributed by atoms with Gasteiger partial charge in [-0.05, 0) is 19.3 Å². The molecule has 1 heterocycles. The molecule has 1 unspecified atom stereocenters.